The van der Waals surface area contributed by atoms with Crippen LogP contribution in [0.4, 0.5) is 13.2 Å². The fraction of sp³-hybridized carbons (Fsp3) is 0.652. The minimum Gasteiger partial charge on any atom is -0.356 e. The number of rotatable bonds is 7. The number of piperidine rings is 1. The number of hydrogen-bond donors (Lipinski definition) is 3. The Hall–Kier alpha value is -3.21. The predicted octanol–water partition coefficient (Wildman–Crippen LogP) is 0.184. The Balaban J connectivity index is 1.76. The van der Waals surface area contributed by atoms with Crippen LogP contribution in [-0.4, -0.2) is 65.9 Å². The maximum atomic E-state index is 13.3. The molecule has 2 heterocycles. The molecule has 4 amide bonds. The monoisotopic (exact) mass is 480 g/mol. The van der Waals surface area contributed by atoms with Gasteiger partial charge in [-0.15, -0.1) is 18.8 Å². The Kier molecular flexibility index (Phi) is 6.88. The molecule has 0 bridgehead atoms. The zero-order valence-electron chi connectivity index (χ0n) is 18.9. The summed E-state index contributed by atoms with van der Waals surface area (Å²) in [6.07, 6.45) is 5.94. The molecule has 0 aromatic rings. The van der Waals surface area contributed by atoms with Crippen LogP contribution in [0, 0.1) is 47.9 Å². The van der Waals surface area contributed by atoms with Crippen molar-refractivity contribution >= 4 is 23.6 Å². The van der Waals surface area contributed by atoms with Gasteiger partial charge in [-0.25, -0.2) is 0 Å². The molecule has 1 aliphatic carbocycles. The first-order valence-electron chi connectivity index (χ1n) is 11.0. The minimum atomic E-state index is -5.19. The number of hydrogen-bond acceptors (Lipinski definition) is 4. The lowest BCUT2D eigenvalue weighted by Gasteiger charge is -2.33. The molecule has 8 nitrogen and oxygen atoms in total. The van der Waals surface area contributed by atoms with Crippen molar-refractivity contribution in [3.05, 3.63) is 0 Å². The Labute approximate surface area is 195 Å². The van der Waals surface area contributed by atoms with Gasteiger partial charge in [-0.2, -0.15) is 13.2 Å². The first kappa shape index (κ1) is 25.4. The van der Waals surface area contributed by atoms with Gasteiger partial charge in [-0.3, -0.25) is 19.2 Å². The minimum absolute atomic E-state index is 0.0399. The largest absolute Gasteiger partial charge is 0.471 e. The molecule has 0 unspecified atom stereocenters. The normalized spacial score (nSPS) is 28.6. The predicted molar refractivity (Wildman–Crippen MR) is 114 cm³/mol. The van der Waals surface area contributed by atoms with Crippen LogP contribution >= 0.6 is 0 Å². The molecule has 3 fully saturated rings. The molecule has 3 N–H and O–H groups in total. The van der Waals surface area contributed by atoms with Gasteiger partial charge in [0.15, 0.2) is 0 Å². The molecule has 3 aliphatic rings. The third-order valence-electron chi connectivity index (χ3n) is 7.14. The van der Waals surface area contributed by atoms with Gasteiger partial charge in [0.2, 0.25) is 17.7 Å². The summed E-state index contributed by atoms with van der Waals surface area (Å²) >= 11 is 0. The van der Waals surface area contributed by atoms with Crippen LogP contribution in [0.25, 0.3) is 0 Å². The number of alkyl halides is 3. The summed E-state index contributed by atoms with van der Waals surface area (Å²) in [5, 5.41) is 7.06. The molecule has 0 spiro atoms. The summed E-state index contributed by atoms with van der Waals surface area (Å²) in [5.74, 6) is 0.122. The second kappa shape index (κ2) is 9.21. The van der Waals surface area contributed by atoms with E-state index in [1.165, 1.54) is 4.90 Å². The molecule has 2 saturated heterocycles. The zero-order chi connectivity index (χ0) is 25.4. The van der Waals surface area contributed by atoms with Crippen molar-refractivity contribution < 1.29 is 32.3 Å². The number of halogens is 3. The van der Waals surface area contributed by atoms with Gasteiger partial charge < -0.3 is 20.9 Å². The van der Waals surface area contributed by atoms with E-state index < -0.39 is 48.4 Å². The van der Waals surface area contributed by atoms with E-state index in [0.29, 0.717) is 13.0 Å². The molecule has 1 saturated carbocycles. The fourth-order valence-corrected chi connectivity index (χ4v) is 5.15. The molecule has 0 aromatic heterocycles. The van der Waals surface area contributed by atoms with Gasteiger partial charge >= 0.3 is 12.1 Å². The van der Waals surface area contributed by atoms with Gasteiger partial charge in [-0.05, 0) is 30.1 Å². The highest BCUT2D eigenvalue weighted by Crippen LogP contribution is 2.64. The molecule has 34 heavy (non-hydrogen) atoms. The number of nitrogens with one attached hydrogen (secondary N) is 3. The van der Waals surface area contributed by atoms with Crippen molar-refractivity contribution in [1.29, 1.82) is 0 Å². The number of amides is 4. The number of nitrogens with zero attached hydrogens (tertiary/aromatic N) is 1. The van der Waals surface area contributed by atoms with Crippen LogP contribution in [0.1, 0.15) is 33.1 Å². The Morgan fingerprint density at radius 1 is 1.26 bits per heavy atom. The molecule has 2 aliphatic heterocycles. The van der Waals surface area contributed by atoms with E-state index >= 15 is 0 Å². The molecule has 6 atom stereocenters. The van der Waals surface area contributed by atoms with Gasteiger partial charge in [0.1, 0.15) is 12.1 Å². The van der Waals surface area contributed by atoms with Crippen LogP contribution < -0.4 is 16.0 Å². The Bertz CT molecular complexity index is 965. The SMILES string of the molecule is C#CC[C@H](NC(=O)C(F)(F)F)C(=O)N1C[C@H]2[C@@H]([C@H]1C(=O)N[C@H](C#C)C[C@@H]1CCNC1=O)C2(C)C. The summed E-state index contributed by atoms with van der Waals surface area (Å²) in [6, 6.07) is -3.37. The number of fused-ring (bicyclic) bond motifs is 1. The molecular weight excluding hydrogens is 453 g/mol. The average molecular weight is 480 g/mol. The van der Waals surface area contributed by atoms with E-state index in [1.54, 1.807) is 5.32 Å². The van der Waals surface area contributed by atoms with E-state index in [-0.39, 0.29) is 42.0 Å². The number of likely N-dealkylation sites (tertiary alicyclic amines) is 1. The summed E-state index contributed by atoms with van der Waals surface area (Å²) in [4.78, 5) is 50.9. The Morgan fingerprint density at radius 2 is 1.94 bits per heavy atom. The number of terminal acetylenes is 2. The van der Waals surface area contributed by atoms with Crippen molar-refractivity contribution in [3.63, 3.8) is 0 Å². The summed E-state index contributed by atoms with van der Waals surface area (Å²) in [7, 11) is 0. The fourth-order valence-electron chi connectivity index (χ4n) is 5.15. The van der Waals surface area contributed by atoms with Crippen molar-refractivity contribution in [3.8, 4) is 24.7 Å². The molecule has 3 rings (SSSR count). The lowest BCUT2D eigenvalue weighted by atomic mass is 9.97. The van der Waals surface area contributed by atoms with E-state index in [9.17, 15) is 32.3 Å². The van der Waals surface area contributed by atoms with Crippen LogP contribution in [0.3, 0.4) is 0 Å². The van der Waals surface area contributed by atoms with Gasteiger partial charge in [0.05, 0.1) is 6.04 Å². The third-order valence-corrected chi connectivity index (χ3v) is 7.14. The van der Waals surface area contributed by atoms with E-state index in [2.05, 4.69) is 22.5 Å². The van der Waals surface area contributed by atoms with Crippen molar-refractivity contribution in [2.75, 3.05) is 13.1 Å². The molecule has 0 radical (unpaired) electrons. The van der Waals surface area contributed by atoms with Crippen LogP contribution in [0.2, 0.25) is 0 Å². The maximum Gasteiger partial charge on any atom is 0.471 e. The topological polar surface area (TPSA) is 108 Å². The van der Waals surface area contributed by atoms with Crippen molar-refractivity contribution in [2.45, 2.75) is 57.4 Å². The first-order chi connectivity index (χ1) is 15.8. The van der Waals surface area contributed by atoms with Gasteiger partial charge in [0, 0.05) is 25.4 Å². The van der Waals surface area contributed by atoms with E-state index in [4.69, 9.17) is 12.8 Å². The van der Waals surface area contributed by atoms with Crippen LogP contribution in [-0.2, 0) is 19.2 Å². The molecular formula is C23H27F3N4O4. The standard InChI is InChI=1S/C23H27F3N4O4/c1-5-7-15(29-21(34)23(24,25)26)20(33)30-11-14-16(22(14,3)4)17(30)19(32)28-13(6-2)10-12-8-9-27-18(12)31/h1-2,12-17H,7-11H2,3-4H3,(H,27,31)(H,28,32)(H,29,34)/t12-,13+,14-,15-,16-,17-/m0/s1. The van der Waals surface area contributed by atoms with Crippen LogP contribution in [0.15, 0.2) is 0 Å². The van der Waals surface area contributed by atoms with Crippen molar-refractivity contribution in [2.24, 2.45) is 23.2 Å². The first-order valence-corrected chi connectivity index (χ1v) is 11.0. The van der Waals surface area contributed by atoms with Crippen molar-refractivity contribution in [1.82, 2.24) is 20.9 Å². The Morgan fingerprint density at radius 3 is 2.47 bits per heavy atom. The van der Waals surface area contributed by atoms with Gasteiger partial charge in [0.25, 0.3) is 0 Å². The zero-order valence-corrected chi connectivity index (χ0v) is 18.9. The quantitative estimate of drug-likeness (QED) is 0.452. The molecule has 184 valence electrons. The summed E-state index contributed by atoms with van der Waals surface area (Å²) in [5.41, 5.74) is -0.257. The summed E-state index contributed by atoms with van der Waals surface area (Å²) < 4.78 is 38.2. The second-order valence-electron chi connectivity index (χ2n) is 9.56. The number of carbonyl (C=O) groups excluding carboxylic acids is 4. The second-order valence-corrected chi connectivity index (χ2v) is 9.56. The third kappa shape index (κ3) is 4.84. The summed E-state index contributed by atoms with van der Waals surface area (Å²) in [6.45, 7) is 4.55. The number of carbonyl (C=O) groups is 4. The average Bonchev–Trinajstić information content (AvgIpc) is 3.12. The molecule has 11 heteroatoms. The highest BCUT2D eigenvalue weighted by molar-refractivity contribution is 5.94. The highest BCUT2D eigenvalue weighted by Gasteiger charge is 2.69. The molecule has 0 aromatic carbocycles. The van der Waals surface area contributed by atoms with Gasteiger partial charge in [-0.1, -0.05) is 19.8 Å². The lowest BCUT2D eigenvalue weighted by molar-refractivity contribution is -0.175. The van der Waals surface area contributed by atoms with E-state index in [0.717, 1.165) is 0 Å². The highest BCUT2D eigenvalue weighted by atomic mass is 19.4. The lowest BCUT2D eigenvalue weighted by Crippen LogP contribution is -2.57. The van der Waals surface area contributed by atoms with E-state index in [1.807, 2.05) is 13.8 Å². The smallest absolute Gasteiger partial charge is 0.356 e. The van der Waals surface area contributed by atoms with Crippen LogP contribution in [0.5, 0.6) is 0 Å². The maximum absolute atomic E-state index is 13.3.